The molecule has 7 heteroatoms. The lowest BCUT2D eigenvalue weighted by atomic mass is 9.89. The van der Waals surface area contributed by atoms with E-state index in [1.165, 1.54) is 0 Å². The molecule has 0 bridgehead atoms. The fourth-order valence-corrected chi connectivity index (χ4v) is 5.39. The van der Waals surface area contributed by atoms with Crippen LogP contribution in [0.3, 0.4) is 0 Å². The topological polar surface area (TPSA) is 52.5 Å². The third-order valence-corrected chi connectivity index (χ3v) is 11.4. The minimum absolute atomic E-state index is 0.0937. The summed E-state index contributed by atoms with van der Waals surface area (Å²) in [6, 6.07) is 0.329. The van der Waals surface area contributed by atoms with Crippen LogP contribution in [0.4, 0.5) is 0 Å². The zero-order valence-electron chi connectivity index (χ0n) is 21.1. The Morgan fingerprint density at radius 1 is 1.23 bits per heavy atom. The Morgan fingerprint density at radius 2 is 1.90 bits per heavy atom. The van der Waals surface area contributed by atoms with Crippen molar-refractivity contribution in [2.75, 3.05) is 26.9 Å². The Bertz CT molecular complexity index is 603. The summed E-state index contributed by atoms with van der Waals surface area (Å²) in [5.41, 5.74) is 0.509. The van der Waals surface area contributed by atoms with Crippen molar-refractivity contribution >= 4 is 14.0 Å². The minimum atomic E-state index is -1.74. The summed E-state index contributed by atoms with van der Waals surface area (Å²) in [6.07, 6.45) is 3.96. The van der Waals surface area contributed by atoms with E-state index in [-0.39, 0.29) is 11.1 Å². The maximum atomic E-state index is 6.49. The van der Waals surface area contributed by atoms with Crippen LogP contribution in [0.25, 0.3) is 0 Å². The standard InChI is InChI=1S/C23H46N2O4Si/c1-18-20(24-25-15-11-13-19(25)17-26-8)23(7,29-22(5,6)28-18)14-12-16-27-30(9,10)21(2,3)4/h18-19H,11-17H2,1-10H3/b24-20-/t18-,19-,23-/m1/s1. The predicted molar refractivity (Wildman–Crippen MR) is 126 cm³/mol. The Kier molecular flexibility index (Phi) is 8.22. The molecule has 2 rings (SSSR count). The molecule has 3 atom stereocenters. The average Bonchev–Trinajstić information content (AvgIpc) is 3.01. The van der Waals surface area contributed by atoms with E-state index in [0.29, 0.717) is 12.6 Å². The molecule has 2 aliphatic rings. The molecule has 0 aromatic heterocycles. The van der Waals surface area contributed by atoms with Gasteiger partial charge < -0.3 is 18.6 Å². The van der Waals surface area contributed by atoms with Gasteiger partial charge in [0.05, 0.1) is 18.4 Å². The second-order valence-electron chi connectivity index (χ2n) is 11.1. The van der Waals surface area contributed by atoms with Crippen LogP contribution < -0.4 is 0 Å². The molecule has 0 amide bonds. The number of methoxy groups -OCH3 is 1. The Morgan fingerprint density at radius 3 is 2.50 bits per heavy atom. The van der Waals surface area contributed by atoms with Crippen molar-refractivity contribution in [3.63, 3.8) is 0 Å². The molecule has 6 nitrogen and oxygen atoms in total. The Balaban J connectivity index is 2.14. The smallest absolute Gasteiger partial charge is 0.191 e. The highest BCUT2D eigenvalue weighted by atomic mass is 28.4. The molecule has 0 saturated carbocycles. The Hall–Kier alpha value is -0.473. The van der Waals surface area contributed by atoms with Gasteiger partial charge in [0.1, 0.15) is 11.7 Å². The van der Waals surface area contributed by atoms with Gasteiger partial charge >= 0.3 is 0 Å². The number of nitrogens with zero attached hydrogens (tertiary/aromatic N) is 2. The second kappa shape index (κ2) is 9.57. The van der Waals surface area contributed by atoms with Gasteiger partial charge in [-0.15, -0.1) is 0 Å². The lowest BCUT2D eigenvalue weighted by Gasteiger charge is -2.47. The lowest BCUT2D eigenvalue weighted by molar-refractivity contribution is -0.280. The van der Waals surface area contributed by atoms with Crippen LogP contribution in [0, 0.1) is 0 Å². The first-order valence-corrected chi connectivity index (χ1v) is 14.5. The fourth-order valence-electron chi connectivity index (χ4n) is 4.30. The molecular formula is C23H46N2O4Si. The molecule has 0 N–H and O–H groups in total. The van der Waals surface area contributed by atoms with Gasteiger partial charge in [-0.2, -0.15) is 5.10 Å². The molecule has 2 heterocycles. The number of hydrogen-bond acceptors (Lipinski definition) is 6. The summed E-state index contributed by atoms with van der Waals surface area (Å²) >= 11 is 0. The van der Waals surface area contributed by atoms with Crippen LogP contribution >= 0.6 is 0 Å². The van der Waals surface area contributed by atoms with Crippen molar-refractivity contribution in [3.05, 3.63) is 0 Å². The molecule has 2 fully saturated rings. The molecular weight excluding hydrogens is 396 g/mol. The van der Waals surface area contributed by atoms with E-state index in [1.807, 2.05) is 13.8 Å². The molecule has 2 saturated heterocycles. The average molecular weight is 443 g/mol. The predicted octanol–water partition coefficient (Wildman–Crippen LogP) is 5.19. The van der Waals surface area contributed by atoms with E-state index in [2.05, 4.69) is 52.7 Å². The molecule has 0 aliphatic carbocycles. The van der Waals surface area contributed by atoms with Gasteiger partial charge in [0.15, 0.2) is 14.1 Å². The van der Waals surface area contributed by atoms with Gasteiger partial charge in [-0.3, -0.25) is 5.01 Å². The summed E-state index contributed by atoms with van der Waals surface area (Å²) in [7, 11) is 0.0176. The first-order valence-electron chi connectivity index (χ1n) is 11.6. The molecule has 0 spiro atoms. The third-order valence-electron chi connectivity index (χ3n) is 6.87. The van der Waals surface area contributed by atoms with E-state index in [9.17, 15) is 0 Å². The minimum Gasteiger partial charge on any atom is -0.417 e. The first kappa shape index (κ1) is 25.8. The highest BCUT2D eigenvalue weighted by Crippen LogP contribution is 2.38. The number of hydrogen-bond donors (Lipinski definition) is 0. The molecule has 176 valence electrons. The van der Waals surface area contributed by atoms with Crippen molar-refractivity contribution in [3.8, 4) is 0 Å². The highest BCUT2D eigenvalue weighted by molar-refractivity contribution is 6.74. The summed E-state index contributed by atoms with van der Waals surface area (Å²) in [5, 5.41) is 7.50. The van der Waals surface area contributed by atoms with Crippen LogP contribution in [0.1, 0.15) is 74.1 Å². The molecule has 2 aliphatic heterocycles. The summed E-state index contributed by atoms with van der Waals surface area (Å²) in [4.78, 5) is 0. The lowest BCUT2D eigenvalue weighted by Crippen LogP contribution is -2.58. The van der Waals surface area contributed by atoms with Gasteiger partial charge in [-0.25, -0.2) is 0 Å². The third kappa shape index (κ3) is 6.28. The quantitative estimate of drug-likeness (QED) is 0.383. The fraction of sp³-hybridized carbons (Fsp3) is 0.957. The van der Waals surface area contributed by atoms with Gasteiger partial charge in [-0.1, -0.05) is 20.8 Å². The van der Waals surface area contributed by atoms with Crippen molar-refractivity contribution in [1.29, 1.82) is 0 Å². The van der Waals surface area contributed by atoms with E-state index in [4.69, 9.17) is 23.7 Å². The van der Waals surface area contributed by atoms with E-state index in [1.54, 1.807) is 7.11 Å². The van der Waals surface area contributed by atoms with Crippen LogP contribution in [-0.2, 0) is 18.6 Å². The summed E-state index contributed by atoms with van der Waals surface area (Å²) in [6.45, 7) is 22.1. The normalized spacial score (nSPS) is 31.5. The maximum Gasteiger partial charge on any atom is 0.191 e. The second-order valence-corrected chi connectivity index (χ2v) is 15.9. The van der Waals surface area contributed by atoms with E-state index >= 15 is 0 Å². The van der Waals surface area contributed by atoms with Crippen molar-refractivity contribution in [2.24, 2.45) is 5.10 Å². The van der Waals surface area contributed by atoms with Crippen LogP contribution in [0.2, 0.25) is 18.1 Å². The molecule has 0 radical (unpaired) electrons. The van der Waals surface area contributed by atoms with Crippen molar-refractivity contribution < 1.29 is 18.6 Å². The molecule has 30 heavy (non-hydrogen) atoms. The number of ether oxygens (including phenoxy) is 3. The SMILES string of the molecule is COC[C@H]1CCCN1/N=C1/[C@@H](C)OC(C)(C)O[C@]1(C)CCCO[Si](C)(C)C(C)(C)C. The highest BCUT2D eigenvalue weighted by Gasteiger charge is 2.47. The van der Waals surface area contributed by atoms with Crippen molar-refractivity contribution in [1.82, 2.24) is 5.01 Å². The van der Waals surface area contributed by atoms with Crippen molar-refractivity contribution in [2.45, 2.75) is 116 Å². The number of hydrazone groups is 1. The molecule has 0 unspecified atom stereocenters. The van der Waals surface area contributed by atoms with E-state index < -0.39 is 19.7 Å². The number of rotatable bonds is 8. The zero-order chi connectivity index (χ0) is 22.8. The van der Waals surface area contributed by atoms with Gasteiger partial charge in [-0.05, 0) is 71.5 Å². The maximum absolute atomic E-state index is 6.49. The van der Waals surface area contributed by atoms with Crippen LogP contribution in [-0.4, -0.2) is 69.4 Å². The monoisotopic (exact) mass is 442 g/mol. The van der Waals surface area contributed by atoms with Gasteiger partial charge in [0.25, 0.3) is 0 Å². The molecule has 0 aromatic rings. The summed E-state index contributed by atoms with van der Waals surface area (Å²) < 4.78 is 24.5. The Labute approximate surface area is 185 Å². The van der Waals surface area contributed by atoms with E-state index in [0.717, 1.165) is 44.5 Å². The first-order chi connectivity index (χ1) is 13.7. The van der Waals surface area contributed by atoms with Crippen LogP contribution in [0.15, 0.2) is 5.10 Å². The zero-order valence-corrected chi connectivity index (χ0v) is 22.1. The molecule has 0 aromatic carbocycles. The van der Waals surface area contributed by atoms with Gasteiger partial charge in [0.2, 0.25) is 0 Å². The largest absolute Gasteiger partial charge is 0.417 e. The summed E-state index contributed by atoms with van der Waals surface area (Å²) in [5.74, 6) is -0.635. The van der Waals surface area contributed by atoms with Crippen LogP contribution in [0.5, 0.6) is 0 Å². The van der Waals surface area contributed by atoms with Gasteiger partial charge in [0, 0.05) is 20.3 Å².